The highest BCUT2D eigenvalue weighted by atomic mass is 16.4. The summed E-state index contributed by atoms with van der Waals surface area (Å²) in [6.07, 6.45) is 6.20. The van der Waals surface area contributed by atoms with Gasteiger partial charge in [0.2, 0.25) is 5.91 Å². The van der Waals surface area contributed by atoms with Crippen molar-refractivity contribution in [3.8, 4) is 0 Å². The maximum Gasteiger partial charge on any atom is 0.308 e. The van der Waals surface area contributed by atoms with E-state index >= 15 is 0 Å². The summed E-state index contributed by atoms with van der Waals surface area (Å²) in [6.45, 7) is 5.64. The topological polar surface area (TPSA) is 57.6 Å². The van der Waals surface area contributed by atoms with Crippen molar-refractivity contribution >= 4 is 11.9 Å². The Balaban J connectivity index is 2.02. The molecule has 0 spiro atoms. The van der Waals surface area contributed by atoms with Crippen LogP contribution in [0, 0.1) is 17.3 Å². The molecule has 2 rings (SSSR count). The van der Waals surface area contributed by atoms with Crippen LogP contribution in [0.1, 0.15) is 52.4 Å². The summed E-state index contributed by atoms with van der Waals surface area (Å²) in [5.74, 6) is -0.668. The second kappa shape index (κ2) is 5.51. The van der Waals surface area contributed by atoms with Crippen LogP contribution in [0.3, 0.4) is 0 Å². The number of carboxylic acid groups (broad SMARTS) is 1. The molecule has 108 valence electrons. The number of hydrogen-bond acceptors (Lipinski definition) is 2. The van der Waals surface area contributed by atoms with Gasteiger partial charge in [-0.3, -0.25) is 9.59 Å². The fraction of sp³-hybridized carbons (Fsp3) is 0.867. The van der Waals surface area contributed by atoms with Crippen LogP contribution in [0.5, 0.6) is 0 Å². The molecule has 1 aliphatic carbocycles. The minimum atomic E-state index is -0.833. The Morgan fingerprint density at radius 1 is 1.42 bits per heavy atom. The van der Waals surface area contributed by atoms with Gasteiger partial charge in [-0.15, -0.1) is 0 Å². The molecule has 1 saturated heterocycles. The van der Waals surface area contributed by atoms with Crippen LogP contribution in [0.2, 0.25) is 0 Å². The van der Waals surface area contributed by atoms with Gasteiger partial charge in [0, 0.05) is 19.5 Å². The molecule has 4 nitrogen and oxygen atoms in total. The highest BCUT2D eigenvalue weighted by Gasteiger charge is 2.41. The van der Waals surface area contributed by atoms with Gasteiger partial charge in [0.15, 0.2) is 0 Å². The lowest BCUT2D eigenvalue weighted by molar-refractivity contribution is -0.141. The summed E-state index contributed by atoms with van der Waals surface area (Å²) >= 11 is 0. The summed E-state index contributed by atoms with van der Waals surface area (Å²) in [7, 11) is 0. The molecule has 2 fully saturated rings. The van der Waals surface area contributed by atoms with Gasteiger partial charge in [0.25, 0.3) is 0 Å². The van der Waals surface area contributed by atoms with E-state index in [2.05, 4.69) is 13.8 Å². The van der Waals surface area contributed by atoms with Gasteiger partial charge in [-0.25, -0.2) is 0 Å². The number of carboxylic acids is 1. The molecule has 0 bridgehead atoms. The Morgan fingerprint density at radius 3 is 2.53 bits per heavy atom. The Kier molecular flexibility index (Phi) is 4.16. The molecule has 0 radical (unpaired) electrons. The van der Waals surface area contributed by atoms with Crippen LogP contribution in [0.25, 0.3) is 0 Å². The standard InChI is InChI=1S/C15H25NO3/c1-11(2)8-15(5-3-4-6-15)10-16-9-12(14(18)19)7-13(16)17/h11-12H,3-10H2,1-2H3,(H,18,19). The molecule has 1 atom stereocenters. The first kappa shape index (κ1) is 14.4. The summed E-state index contributed by atoms with van der Waals surface area (Å²) in [5.41, 5.74) is 0.247. The van der Waals surface area contributed by atoms with Crippen LogP contribution < -0.4 is 0 Å². The predicted octanol–water partition coefficient (Wildman–Crippen LogP) is 2.53. The lowest BCUT2D eigenvalue weighted by Gasteiger charge is -2.35. The zero-order valence-electron chi connectivity index (χ0n) is 12.0. The van der Waals surface area contributed by atoms with E-state index in [0.717, 1.165) is 13.0 Å². The minimum Gasteiger partial charge on any atom is -0.481 e. The number of hydrogen-bond donors (Lipinski definition) is 1. The number of aliphatic carboxylic acids is 1. The third kappa shape index (κ3) is 3.28. The lowest BCUT2D eigenvalue weighted by atomic mass is 9.78. The highest BCUT2D eigenvalue weighted by Crippen LogP contribution is 2.44. The average molecular weight is 267 g/mol. The number of carbonyl (C=O) groups excluding carboxylic acids is 1. The van der Waals surface area contributed by atoms with Crippen molar-refractivity contribution in [2.45, 2.75) is 52.4 Å². The van der Waals surface area contributed by atoms with Crippen LogP contribution >= 0.6 is 0 Å². The van der Waals surface area contributed by atoms with Crippen LogP contribution in [0.4, 0.5) is 0 Å². The maximum absolute atomic E-state index is 12.0. The van der Waals surface area contributed by atoms with Crippen molar-refractivity contribution in [3.63, 3.8) is 0 Å². The number of nitrogens with zero attached hydrogens (tertiary/aromatic N) is 1. The van der Waals surface area contributed by atoms with E-state index in [9.17, 15) is 9.59 Å². The molecule has 1 N–H and O–H groups in total. The van der Waals surface area contributed by atoms with Crippen molar-refractivity contribution in [1.29, 1.82) is 0 Å². The van der Waals surface area contributed by atoms with Gasteiger partial charge in [-0.05, 0) is 30.6 Å². The van der Waals surface area contributed by atoms with Crippen LogP contribution in [-0.2, 0) is 9.59 Å². The molecule has 19 heavy (non-hydrogen) atoms. The molecule has 0 aromatic rings. The van der Waals surface area contributed by atoms with Crippen LogP contribution in [-0.4, -0.2) is 35.0 Å². The average Bonchev–Trinajstić information content (AvgIpc) is 2.87. The molecule has 0 aromatic carbocycles. The maximum atomic E-state index is 12.0. The summed E-state index contributed by atoms with van der Waals surface area (Å²) < 4.78 is 0. The van der Waals surface area contributed by atoms with Gasteiger partial charge < -0.3 is 10.0 Å². The lowest BCUT2D eigenvalue weighted by Crippen LogP contribution is -2.38. The fourth-order valence-corrected chi connectivity index (χ4v) is 3.91. The molecule has 1 amide bonds. The van der Waals surface area contributed by atoms with E-state index in [1.807, 2.05) is 4.90 Å². The van der Waals surface area contributed by atoms with E-state index in [1.54, 1.807) is 0 Å². The predicted molar refractivity (Wildman–Crippen MR) is 72.7 cm³/mol. The molecule has 1 heterocycles. The number of rotatable bonds is 5. The van der Waals surface area contributed by atoms with Crippen molar-refractivity contribution in [2.24, 2.45) is 17.3 Å². The Hall–Kier alpha value is -1.06. The van der Waals surface area contributed by atoms with Crippen LogP contribution in [0.15, 0.2) is 0 Å². The SMILES string of the molecule is CC(C)CC1(CN2CC(C(=O)O)CC2=O)CCCC1. The number of likely N-dealkylation sites (tertiary alicyclic amines) is 1. The van der Waals surface area contributed by atoms with E-state index in [1.165, 1.54) is 25.7 Å². The molecule has 1 unspecified atom stereocenters. The Morgan fingerprint density at radius 2 is 2.05 bits per heavy atom. The fourth-order valence-electron chi connectivity index (χ4n) is 3.91. The first-order valence-corrected chi connectivity index (χ1v) is 7.42. The number of amides is 1. The van der Waals surface area contributed by atoms with E-state index in [0.29, 0.717) is 12.5 Å². The smallest absolute Gasteiger partial charge is 0.308 e. The monoisotopic (exact) mass is 267 g/mol. The third-order valence-corrected chi connectivity index (χ3v) is 4.60. The molecular formula is C15H25NO3. The van der Waals surface area contributed by atoms with E-state index in [-0.39, 0.29) is 17.7 Å². The zero-order chi connectivity index (χ0) is 14.0. The van der Waals surface area contributed by atoms with Gasteiger partial charge in [-0.2, -0.15) is 0 Å². The van der Waals surface area contributed by atoms with E-state index in [4.69, 9.17) is 5.11 Å². The number of carbonyl (C=O) groups is 2. The summed E-state index contributed by atoms with van der Waals surface area (Å²) in [4.78, 5) is 24.8. The van der Waals surface area contributed by atoms with Gasteiger partial charge >= 0.3 is 5.97 Å². The van der Waals surface area contributed by atoms with Crippen molar-refractivity contribution in [2.75, 3.05) is 13.1 Å². The summed E-state index contributed by atoms with van der Waals surface area (Å²) in [5, 5.41) is 9.04. The molecule has 1 aliphatic heterocycles. The largest absolute Gasteiger partial charge is 0.481 e. The second-order valence-electron chi connectivity index (χ2n) is 6.82. The third-order valence-electron chi connectivity index (χ3n) is 4.60. The Bertz CT molecular complexity index is 358. The van der Waals surface area contributed by atoms with Crippen molar-refractivity contribution in [1.82, 2.24) is 4.90 Å². The first-order chi connectivity index (χ1) is 8.92. The quantitative estimate of drug-likeness (QED) is 0.832. The van der Waals surface area contributed by atoms with Gasteiger partial charge in [-0.1, -0.05) is 26.7 Å². The van der Waals surface area contributed by atoms with Gasteiger partial charge in [0.05, 0.1) is 5.92 Å². The van der Waals surface area contributed by atoms with E-state index < -0.39 is 11.9 Å². The molecule has 0 aromatic heterocycles. The highest BCUT2D eigenvalue weighted by molar-refractivity contribution is 5.86. The molecule has 2 aliphatic rings. The molecule has 1 saturated carbocycles. The molecular weight excluding hydrogens is 242 g/mol. The van der Waals surface area contributed by atoms with Crippen molar-refractivity contribution in [3.05, 3.63) is 0 Å². The second-order valence-corrected chi connectivity index (χ2v) is 6.82. The zero-order valence-corrected chi connectivity index (χ0v) is 12.0. The summed E-state index contributed by atoms with van der Waals surface area (Å²) in [6, 6.07) is 0. The normalized spacial score (nSPS) is 26.4. The van der Waals surface area contributed by atoms with Crippen molar-refractivity contribution < 1.29 is 14.7 Å². The minimum absolute atomic E-state index is 0.0300. The first-order valence-electron chi connectivity index (χ1n) is 7.42. The molecule has 4 heteroatoms. The Labute approximate surface area is 115 Å². The van der Waals surface area contributed by atoms with Gasteiger partial charge in [0.1, 0.15) is 0 Å².